The van der Waals surface area contributed by atoms with Crippen LogP contribution < -0.4 is 0 Å². The SMILES string of the molecule is CCCC(CO)(CO)Cc1ccc(CC)s1. The molecule has 0 radical (unpaired) electrons. The van der Waals surface area contributed by atoms with Gasteiger partial charge in [-0.2, -0.15) is 0 Å². The molecule has 1 aromatic rings. The average Bonchev–Trinajstić information content (AvgIpc) is 2.76. The summed E-state index contributed by atoms with van der Waals surface area (Å²) in [7, 11) is 0. The summed E-state index contributed by atoms with van der Waals surface area (Å²) < 4.78 is 0. The summed E-state index contributed by atoms with van der Waals surface area (Å²) >= 11 is 1.79. The highest BCUT2D eigenvalue weighted by Gasteiger charge is 2.28. The molecule has 1 heterocycles. The third-order valence-electron chi connectivity index (χ3n) is 3.07. The minimum absolute atomic E-state index is 0.0662. The molecule has 0 aliphatic heterocycles. The molecule has 0 saturated carbocycles. The van der Waals surface area contributed by atoms with Gasteiger partial charge in [0.1, 0.15) is 0 Å². The molecule has 0 aliphatic rings. The fraction of sp³-hybridized carbons (Fsp3) is 0.692. The van der Waals surface area contributed by atoms with Gasteiger partial charge in [0.05, 0.1) is 13.2 Å². The lowest BCUT2D eigenvalue weighted by Crippen LogP contribution is -2.31. The van der Waals surface area contributed by atoms with Crippen molar-refractivity contribution in [3.05, 3.63) is 21.9 Å². The van der Waals surface area contributed by atoms with Gasteiger partial charge in [0, 0.05) is 15.2 Å². The second-order valence-electron chi connectivity index (χ2n) is 4.46. The summed E-state index contributed by atoms with van der Waals surface area (Å²) in [6.45, 7) is 4.37. The maximum Gasteiger partial charge on any atom is 0.0512 e. The number of aliphatic hydroxyl groups is 2. The lowest BCUT2D eigenvalue weighted by molar-refractivity contribution is 0.0473. The van der Waals surface area contributed by atoms with Gasteiger partial charge < -0.3 is 10.2 Å². The van der Waals surface area contributed by atoms with Crippen LogP contribution in [-0.4, -0.2) is 23.4 Å². The summed E-state index contributed by atoms with van der Waals surface area (Å²) in [4.78, 5) is 2.64. The van der Waals surface area contributed by atoms with Gasteiger partial charge in [-0.3, -0.25) is 0 Å². The number of aryl methyl sites for hydroxylation is 1. The second kappa shape index (κ2) is 6.38. The zero-order valence-corrected chi connectivity index (χ0v) is 11.0. The van der Waals surface area contributed by atoms with Gasteiger partial charge in [-0.15, -0.1) is 11.3 Å². The first-order valence-corrected chi connectivity index (χ1v) is 6.80. The molecule has 3 heteroatoms. The van der Waals surface area contributed by atoms with Crippen LogP contribution in [0.4, 0.5) is 0 Å². The molecule has 0 atom stereocenters. The van der Waals surface area contributed by atoms with Crippen LogP contribution >= 0.6 is 11.3 Å². The van der Waals surface area contributed by atoms with E-state index in [0.717, 1.165) is 25.7 Å². The molecule has 0 unspecified atom stereocenters. The largest absolute Gasteiger partial charge is 0.396 e. The summed E-state index contributed by atoms with van der Waals surface area (Å²) in [6, 6.07) is 4.27. The van der Waals surface area contributed by atoms with Crippen LogP contribution in [0, 0.1) is 5.41 Å². The summed E-state index contributed by atoms with van der Waals surface area (Å²) in [5.41, 5.74) is -0.329. The van der Waals surface area contributed by atoms with Crippen molar-refractivity contribution >= 4 is 11.3 Å². The Morgan fingerprint density at radius 2 is 1.75 bits per heavy atom. The smallest absolute Gasteiger partial charge is 0.0512 e. The van der Waals surface area contributed by atoms with Crippen LogP contribution in [0.15, 0.2) is 12.1 Å². The standard InChI is InChI=1S/C13H22O2S/c1-3-7-13(9-14,10-15)8-12-6-5-11(4-2)16-12/h5-6,14-15H,3-4,7-10H2,1-2H3. The molecule has 0 aliphatic carbocycles. The number of hydrogen-bond donors (Lipinski definition) is 2. The number of hydrogen-bond acceptors (Lipinski definition) is 3. The van der Waals surface area contributed by atoms with Crippen LogP contribution in [0.3, 0.4) is 0 Å². The monoisotopic (exact) mass is 242 g/mol. The summed E-state index contributed by atoms with van der Waals surface area (Å²) in [6.07, 6.45) is 3.72. The summed E-state index contributed by atoms with van der Waals surface area (Å²) in [5.74, 6) is 0. The summed E-state index contributed by atoms with van der Waals surface area (Å²) in [5, 5.41) is 19.0. The van der Waals surface area contributed by atoms with E-state index in [1.807, 2.05) is 0 Å². The molecule has 1 rings (SSSR count). The highest BCUT2D eigenvalue weighted by molar-refractivity contribution is 7.11. The topological polar surface area (TPSA) is 40.5 Å². The van der Waals surface area contributed by atoms with Crippen LogP contribution in [0.25, 0.3) is 0 Å². The van der Waals surface area contributed by atoms with Crippen molar-refractivity contribution < 1.29 is 10.2 Å². The molecule has 0 saturated heterocycles. The fourth-order valence-electron chi connectivity index (χ4n) is 2.02. The van der Waals surface area contributed by atoms with E-state index in [-0.39, 0.29) is 18.6 Å². The van der Waals surface area contributed by atoms with E-state index >= 15 is 0 Å². The first kappa shape index (κ1) is 13.7. The Labute approximate surface area is 102 Å². The molecule has 92 valence electrons. The Kier molecular flexibility index (Phi) is 5.46. The molecule has 0 fully saturated rings. The minimum Gasteiger partial charge on any atom is -0.396 e. The van der Waals surface area contributed by atoms with E-state index in [2.05, 4.69) is 26.0 Å². The van der Waals surface area contributed by atoms with Crippen molar-refractivity contribution in [3.63, 3.8) is 0 Å². The van der Waals surface area contributed by atoms with Crippen molar-refractivity contribution in [2.75, 3.05) is 13.2 Å². The van der Waals surface area contributed by atoms with Crippen LogP contribution in [0.1, 0.15) is 36.4 Å². The van der Waals surface area contributed by atoms with Gasteiger partial charge in [-0.05, 0) is 31.4 Å². The number of thiophene rings is 1. The fourth-order valence-corrected chi connectivity index (χ4v) is 3.15. The number of rotatable bonds is 7. The molecule has 2 nitrogen and oxygen atoms in total. The van der Waals surface area contributed by atoms with E-state index < -0.39 is 0 Å². The Hall–Kier alpha value is -0.380. The van der Waals surface area contributed by atoms with Crippen molar-refractivity contribution in [2.45, 2.75) is 39.5 Å². The molecule has 0 amide bonds. The highest BCUT2D eigenvalue weighted by Crippen LogP contribution is 2.31. The third kappa shape index (κ3) is 3.30. The molecule has 2 N–H and O–H groups in total. The van der Waals surface area contributed by atoms with Crippen LogP contribution in [-0.2, 0) is 12.8 Å². The lowest BCUT2D eigenvalue weighted by atomic mass is 9.81. The predicted molar refractivity (Wildman–Crippen MR) is 68.9 cm³/mol. The molecular formula is C13H22O2S. The average molecular weight is 242 g/mol. The normalized spacial score (nSPS) is 12.0. The molecule has 0 aromatic carbocycles. The van der Waals surface area contributed by atoms with Gasteiger partial charge in [0.2, 0.25) is 0 Å². The maximum atomic E-state index is 9.48. The Morgan fingerprint density at radius 1 is 1.12 bits per heavy atom. The number of aliphatic hydroxyl groups excluding tert-OH is 2. The van der Waals surface area contributed by atoms with E-state index in [1.165, 1.54) is 9.75 Å². The van der Waals surface area contributed by atoms with Gasteiger partial charge in [-0.1, -0.05) is 20.3 Å². The molecule has 1 aromatic heterocycles. The van der Waals surface area contributed by atoms with E-state index in [0.29, 0.717) is 0 Å². The quantitative estimate of drug-likeness (QED) is 0.771. The molecule has 0 spiro atoms. The third-order valence-corrected chi connectivity index (χ3v) is 4.30. The van der Waals surface area contributed by atoms with E-state index in [9.17, 15) is 10.2 Å². The predicted octanol–water partition coefficient (Wildman–Crippen LogP) is 2.62. The lowest BCUT2D eigenvalue weighted by Gasteiger charge is -2.28. The molecular weight excluding hydrogens is 220 g/mol. The zero-order chi connectivity index (χ0) is 12.0. The van der Waals surface area contributed by atoms with Crippen molar-refractivity contribution in [2.24, 2.45) is 5.41 Å². The Balaban J connectivity index is 2.74. The zero-order valence-electron chi connectivity index (χ0n) is 10.2. The minimum atomic E-state index is -0.329. The van der Waals surface area contributed by atoms with Crippen LogP contribution in [0.2, 0.25) is 0 Å². The van der Waals surface area contributed by atoms with Crippen molar-refractivity contribution in [1.29, 1.82) is 0 Å². The first-order chi connectivity index (χ1) is 7.69. The maximum absolute atomic E-state index is 9.48. The molecule has 0 bridgehead atoms. The highest BCUT2D eigenvalue weighted by atomic mass is 32.1. The van der Waals surface area contributed by atoms with E-state index in [4.69, 9.17) is 0 Å². The van der Waals surface area contributed by atoms with Gasteiger partial charge >= 0.3 is 0 Å². The first-order valence-electron chi connectivity index (χ1n) is 5.99. The Bertz CT molecular complexity index is 303. The van der Waals surface area contributed by atoms with E-state index in [1.54, 1.807) is 11.3 Å². The van der Waals surface area contributed by atoms with Crippen molar-refractivity contribution in [1.82, 2.24) is 0 Å². The van der Waals surface area contributed by atoms with Gasteiger partial charge in [0.25, 0.3) is 0 Å². The molecule has 16 heavy (non-hydrogen) atoms. The second-order valence-corrected chi connectivity index (χ2v) is 5.72. The Morgan fingerprint density at radius 3 is 2.19 bits per heavy atom. The van der Waals surface area contributed by atoms with Crippen LogP contribution in [0.5, 0.6) is 0 Å². The van der Waals surface area contributed by atoms with Gasteiger partial charge in [-0.25, -0.2) is 0 Å². The van der Waals surface area contributed by atoms with Crippen molar-refractivity contribution in [3.8, 4) is 0 Å². The van der Waals surface area contributed by atoms with Gasteiger partial charge in [0.15, 0.2) is 0 Å².